The highest BCUT2D eigenvalue weighted by atomic mass is 32.2. The van der Waals surface area contributed by atoms with E-state index in [1.54, 1.807) is 11.8 Å². The Morgan fingerprint density at radius 2 is 1.95 bits per heavy atom. The summed E-state index contributed by atoms with van der Waals surface area (Å²) >= 11 is 1.62. The van der Waals surface area contributed by atoms with E-state index in [9.17, 15) is 4.79 Å². The molecule has 2 N–H and O–H groups in total. The molecule has 0 fully saturated rings. The number of nitrogens with two attached hydrogens (primary N) is 1. The van der Waals surface area contributed by atoms with Crippen molar-refractivity contribution < 1.29 is 9.53 Å². The van der Waals surface area contributed by atoms with E-state index in [0.29, 0.717) is 11.7 Å². The molecule has 0 saturated heterocycles. The topological polar surface area (TPSA) is 52.3 Å². The number of ether oxygens (including phenoxy) is 1. The van der Waals surface area contributed by atoms with Crippen LogP contribution in [0.1, 0.15) is 57.2 Å². The summed E-state index contributed by atoms with van der Waals surface area (Å²) in [5.41, 5.74) is 8.54. The molecular formula is C17H25NO2S. The van der Waals surface area contributed by atoms with Gasteiger partial charge in [-0.25, -0.2) is 0 Å². The van der Waals surface area contributed by atoms with E-state index >= 15 is 0 Å². The van der Waals surface area contributed by atoms with Crippen molar-refractivity contribution in [2.24, 2.45) is 5.73 Å². The van der Waals surface area contributed by atoms with E-state index in [-0.39, 0.29) is 17.3 Å². The molecule has 0 saturated carbocycles. The van der Waals surface area contributed by atoms with Gasteiger partial charge in [0.05, 0.1) is 5.75 Å². The Balaban J connectivity index is 1.98. The average Bonchev–Trinajstić information content (AvgIpc) is 2.39. The van der Waals surface area contributed by atoms with Crippen LogP contribution in [0.15, 0.2) is 24.3 Å². The van der Waals surface area contributed by atoms with Crippen molar-refractivity contribution in [3.63, 3.8) is 0 Å². The summed E-state index contributed by atoms with van der Waals surface area (Å²) in [6, 6.07) is 8.36. The lowest BCUT2D eigenvalue weighted by Gasteiger charge is -2.34. The molecule has 1 aromatic rings. The van der Waals surface area contributed by atoms with Crippen molar-refractivity contribution in [2.75, 3.05) is 5.75 Å². The summed E-state index contributed by atoms with van der Waals surface area (Å²) in [5.74, 6) is 0.688. The SMILES string of the molecule is CC1CC(SCC(=O)OC(C)(C)C)C(N)c2ccccc21. The van der Waals surface area contributed by atoms with Gasteiger partial charge in [-0.3, -0.25) is 4.79 Å². The summed E-state index contributed by atoms with van der Waals surface area (Å²) in [7, 11) is 0. The first-order chi connectivity index (χ1) is 9.78. The average molecular weight is 307 g/mol. The molecule has 0 aromatic heterocycles. The molecule has 0 amide bonds. The number of thioether (sulfide) groups is 1. The molecule has 0 radical (unpaired) electrons. The fraction of sp³-hybridized carbons (Fsp3) is 0.588. The Labute approximate surface area is 131 Å². The van der Waals surface area contributed by atoms with Crippen molar-refractivity contribution in [3.05, 3.63) is 35.4 Å². The first kappa shape index (κ1) is 16.4. The Kier molecular flexibility index (Phi) is 4.99. The van der Waals surface area contributed by atoms with Gasteiger partial charge in [-0.05, 0) is 44.2 Å². The molecule has 1 aliphatic carbocycles. The predicted molar refractivity (Wildman–Crippen MR) is 88.5 cm³/mol. The maximum Gasteiger partial charge on any atom is 0.316 e. The highest BCUT2D eigenvalue weighted by molar-refractivity contribution is 8.00. The van der Waals surface area contributed by atoms with Gasteiger partial charge in [0, 0.05) is 11.3 Å². The molecule has 4 heteroatoms. The molecule has 0 aliphatic heterocycles. The fourth-order valence-corrected chi connectivity index (χ4v) is 3.99. The second-order valence-electron chi connectivity index (χ2n) is 6.73. The van der Waals surface area contributed by atoms with E-state index < -0.39 is 5.60 Å². The zero-order valence-corrected chi connectivity index (χ0v) is 14.1. The van der Waals surface area contributed by atoms with E-state index in [1.807, 2.05) is 26.8 Å². The van der Waals surface area contributed by atoms with Crippen molar-refractivity contribution in [1.82, 2.24) is 0 Å². The molecule has 3 unspecified atom stereocenters. The molecule has 21 heavy (non-hydrogen) atoms. The van der Waals surface area contributed by atoms with Crippen LogP contribution in [0.4, 0.5) is 0 Å². The van der Waals surface area contributed by atoms with Crippen molar-refractivity contribution in [1.29, 1.82) is 0 Å². The van der Waals surface area contributed by atoms with Crippen molar-refractivity contribution in [3.8, 4) is 0 Å². The van der Waals surface area contributed by atoms with Crippen LogP contribution < -0.4 is 5.73 Å². The molecule has 1 aliphatic rings. The van der Waals surface area contributed by atoms with Crippen LogP contribution in [-0.2, 0) is 9.53 Å². The van der Waals surface area contributed by atoms with E-state index in [0.717, 1.165) is 6.42 Å². The maximum atomic E-state index is 11.9. The van der Waals surface area contributed by atoms with Crippen LogP contribution in [0.5, 0.6) is 0 Å². The number of esters is 1. The lowest BCUT2D eigenvalue weighted by molar-refractivity contribution is -0.151. The zero-order valence-electron chi connectivity index (χ0n) is 13.3. The van der Waals surface area contributed by atoms with Gasteiger partial charge < -0.3 is 10.5 Å². The molecule has 1 aromatic carbocycles. The Hall–Kier alpha value is -1.00. The standard InChI is InChI=1S/C17H25NO2S/c1-11-9-14(21-10-15(19)20-17(2,3)4)16(18)13-8-6-5-7-12(11)13/h5-8,11,14,16H,9-10,18H2,1-4H3. The molecule has 2 rings (SSSR count). The number of fused-ring (bicyclic) bond motifs is 1. The fourth-order valence-electron chi connectivity index (χ4n) is 2.80. The number of carbonyl (C=O) groups excluding carboxylic acids is 1. The van der Waals surface area contributed by atoms with Crippen molar-refractivity contribution in [2.45, 2.75) is 56.9 Å². The smallest absolute Gasteiger partial charge is 0.316 e. The summed E-state index contributed by atoms with van der Waals surface area (Å²) in [6.45, 7) is 7.90. The monoisotopic (exact) mass is 307 g/mol. The lowest BCUT2D eigenvalue weighted by atomic mass is 9.81. The minimum Gasteiger partial charge on any atom is -0.459 e. The Bertz CT molecular complexity index is 510. The van der Waals surface area contributed by atoms with Gasteiger partial charge in [-0.1, -0.05) is 31.2 Å². The predicted octanol–water partition coefficient (Wildman–Crippen LogP) is 3.64. The highest BCUT2D eigenvalue weighted by Crippen LogP contribution is 2.41. The largest absolute Gasteiger partial charge is 0.459 e. The summed E-state index contributed by atoms with van der Waals surface area (Å²) in [4.78, 5) is 11.9. The van der Waals surface area contributed by atoms with Gasteiger partial charge in [0.1, 0.15) is 5.60 Å². The second-order valence-corrected chi connectivity index (χ2v) is 7.95. The van der Waals surface area contributed by atoms with Crippen LogP contribution in [-0.4, -0.2) is 22.6 Å². The minimum atomic E-state index is -0.424. The van der Waals surface area contributed by atoms with Crippen LogP contribution in [0.25, 0.3) is 0 Å². The second kappa shape index (κ2) is 6.41. The number of benzene rings is 1. The molecule has 0 heterocycles. The molecule has 0 bridgehead atoms. The van der Waals surface area contributed by atoms with E-state index in [2.05, 4.69) is 25.1 Å². The number of rotatable bonds is 3. The third-order valence-corrected chi connectivity index (χ3v) is 5.02. The molecular weight excluding hydrogens is 282 g/mol. The lowest BCUT2D eigenvalue weighted by Crippen LogP contribution is -2.32. The number of hydrogen-bond acceptors (Lipinski definition) is 4. The molecule has 3 nitrogen and oxygen atoms in total. The number of carbonyl (C=O) groups is 1. The normalized spacial score (nSPS) is 25.3. The van der Waals surface area contributed by atoms with Gasteiger partial charge in [-0.2, -0.15) is 0 Å². The van der Waals surface area contributed by atoms with Crippen LogP contribution in [0.2, 0.25) is 0 Å². The van der Waals surface area contributed by atoms with Gasteiger partial charge in [0.2, 0.25) is 0 Å². The van der Waals surface area contributed by atoms with Crippen LogP contribution in [0, 0.1) is 0 Å². The van der Waals surface area contributed by atoms with Crippen LogP contribution >= 0.6 is 11.8 Å². The Morgan fingerprint density at radius 1 is 1.33 bits per heavy atom. The van der Waals surface area contributed by atoms with Gasteiger partial charge >= 0.3 is 5.97 Å². The number of hydrogen-bond donors (Lipinski definition) is 1. The third-order valence-electron chi connectivity index (χ3n) is 3.71. The first-order valence-electron chi connectivity index (χ1n) is 7.46. The maximum absolute atomic E-state index is 11.9. The summed E-state index contributed by atoms with van der Waals surface area (Å²) < 4.78 is 5.36. The summed E-state index contributed by atoms with van der Waals surface area (Å²) in [5, 5.41) is 0.266. The quantitative estimate of drug-likeness (QED) is 0.866. The molecule has 0 spiro atoms. The Morgan fingerprint density at radius 3 is 2.57 bits per heavy atom. The first-order valence-corrected chi connectivity index (χ1v) is 8.50. The van der Waals surface area contributed by atoms with Gasteiger partial charge in [-0.15, -0.1) is 11.8 Å². The minimum absolute atomic E-state index is 0.00941. The highest BCUT2D eigenvalue weighted by Gasteiger charge is 2.31. The molecule has 3 atom stereocenters. The third kappa shape index (κ3) is 4.24. The zero-order chi connectivity index (χ0) is 15.6. The van der Waals surface area contributed by atoms with Crippen molar-refractivity contribution >= 4 is 17.7 Å². The van der Waals surface area contributed by atoms with Gasteiger partial charge in [0.25, 0.3) is 0 Å². The van der Waals surface area contributed by atoms with Crippen LogP contribution in [0.3, 0.4) is 0 Å². The van der Waals surface area contributed by atoms with E-state index in [1.165, 1.54) is 11.1 Å². The van der Waals surface area contributed by atoms with Gasteiger partial charge in [0.15, 0.2) is 0 Å². The van der Waals surface area contributed by atoms with E-state index in [4.69, 9.17) is 10.5 Å². The molecule has 116 valence electrons. The summed E-state index contributed by atoms with van der Waals surface area (Å²) in [6.07, 6.45) is 1.01.